The number of H-pyrrole nitrogens is 1. The maximum absolute atomic E-state index is 13.3. The molecule has 158 valence electrons. The second-order valence-electron chi connectivity index (χ2n) is 4.65. The van der Waals surface area contributed by atoms with Gasteiger partial charge in [0, 0.05) is 0 Å². The third kappa shape index (κ3) is 3.37. The van der Waals surface area contributed by atoms with Crippen LogP contribution in [0.4, 0.5) is 70.2 Å². The van der Waals surface area contributed by atoms with Crippen molar-refractivity contribution >= 4 is 0 Å². The zero-order valence-electron chi connectivity index (χ0n) is 11.5. The van der Waals surface area contributed by atoms with Gasteiger partial charge in [0.05, 0.1) is 0 Å². The molecule has 0 spiro atoms. The molecule has 1 N–H and O–H groups in total. The number of halogens is 16. The first kappa shape index (κ1) is 23.1. The molecule has 1 heterocycles. The van der Waals surface area contributed by atoms with Gasteiger partial charge in [0.25, 0.3) is 5.69 Å². The van der Waals surface area contributed by atoms with E-state index >= 15 is 0 Å². The molecule has 1 aromatic heterocycles. The second-order valence-corrected chi connectivity index (χ2v) is 4.65. The first-order valence-corrected chi connectivity index (χ1v) is 5.69. The first-order valence-electron chi connectivity index (χ1n) is 5.69. The topological polar surface area (TPSA) is 19.7 Å². The van der Waals surface area contributed by atoms with Crippen LogP contribution in [0.15, 0.2) is 0 Å². The van der Waals surface area contributed by atoms with Crippen molar-refractivity contribution in [2.45, 2.75) is 36.4 Å². The zero-order chi connectivity index (χ0) is 22.0. The normalized spacial score (nSPS) is 15.4. The Morgan fingerprint density at radius 1 is 0.556 bits per heavy atom. The molecule has 0 unspecified atom stereocenters. The largest absolute Gasteiger partial charge is 0.500 e. The Hall–Kier alpha value is -1.91. The third-order valence-electron chi connectivity index (χ3n) is 2.81. The average Bonchev–Trinajstić information content (AvgIpc) is 2.73. The molecule has 0 aliphatic carbocycles. The number of nitrogens with one attached hydrogen (secondary N) is 1. The van der Waals surface area contributed by atoms with Crippen LogP contribution in [-0.4, -0.2) is 23.5 Å². The van der Waals surface area contributed by atoms with Crippen molar-refractivity contribution in [3.63, 3.8) is 0 Å². The Morgan fingerprint density at radius 3 is 1.22 bits per heavy atom. The van der Waals surface area contributed by atoms with Crippen molar-refractivity contribution in [3.8, 4) is 0 Å². The molecule has 0 saturated heterocycles. The summed E-state index contributed by atoms with van der Waals surface area (Å²) in [6, 6.07) is -7.23. The molecule has 0 aliphatic heterocycles. The number of hydrogen-bond donors (Lipinski definition) is 1. The highest BCUT2D eigenvalue weighted by Crippen LogP contribution is 2.49. The fourth-order valence-electron chi connectivity index (χ4n) is 1.60. The Labute approximate surface area is 135 Å². The molecule has 0 amide bonds. The Bertz CT molecular complexity index is 701. The molecular formula is C9HF16N2+. The predicted octanol–water partition coefficient (Wildman–Crippen LogP) is 4.86. The van der Waals surface area contributed by atoms with Crippen molar-refractivity contribution in [1.82, 2.24) is 4.98 Å². The van der Waals surface area contributed by atoms with Crippen molar-refractivity contribution in [2.24, 2.45) is 0 Å². The summed E-state index contributed by atoms with van der Waals surface area (Å²) in [6.45, 7) is 0. The summed E-state index contributed by atoms with van der Waals surface area (Å²) in [5.74, 6) is -21.5. The van der Waals surface area contributed by atoms with Crippen LogP contribution >= 0.6 is 0 Å². The molecule has 0 aliphatic rings. The second kappa shape index (κ2) is 5.79. The van der Waals surface area contributed by atoms with Gasteiger partial charge in [0.15, 0.2) is 0 Å². The number of aromatic amines is 1. The summed E-state index contributed by atoms with van der Waals surface area (Å²) < 4.78 is 200. The molecule has 0 aromatic carbocycles. The fraction of sp³-hybridized carbons (Fsp3) is 0.667. The number of rotatable bonds is 3. The van der Waals surface area contributed by atoms with E-state index in [9.17, 15) is 70.2 Å². The van der Waals surface area contributed by atoms with Gasteiger partial charge in [-0.2, -0.15) is 70.2 Å². The predicted molar refractivity (Wildman–Crippen MR) is 47.1 cm³/mol. The SMILES string of the molecule is Fc1[nH]c(C(F)(F)C(F)(F)F)[n+](C(F)(F)C(F)(F)F)c1C(F)(F)C(F)(F)F. The van der Waals surface area contributed by atoms with Gasteiger partial charge in [-0.1, -0.05) is 0 Å². The van der Waals surface area contributed by atoms with E-state index in [-0.39, 0.29) is 4.98 Å². The summed E-state index contributed by atoms with van der Waals surface area (Å²) in [5.41, 5.74) is -4.13. The van der Waals surface area contributed by atoms with Gasteiger partial charge in [-0.3, -0.25) is 0 Å². The van der Waals surface area contributed by atoms with E-state index in [1.54, 1.807) is 0 Å². The standard InChI is InChI=1S/C9F16N2/c10-2-1(4(11,12)6(15,16)17)27(9(24,25)8(21,22)23)3(26-2)5(13,14)7(18,19)20/p+1. The van der Waals surface area contributed by atoms with Gasteiger partial charge in [-0.05, 0) is 0 Å². The fourth-order valence-corrected chi connectivity index (χ4v) is 1.60. The van der Waals surface area contributed by atoms with Crippen LogP contribution in [0.5, 0.6) is 0 Å². The molecule has 0 saturated carbocycles. The van der Waals surface area contributed by atoms with Gasteiger partial charge < -0.3 is 0 Å². The maximum Gasteiger partial charge on any atom is 0.500 e. The van der Waals surface area contributed by atoms with Crippen LogP contribution in [-0.2, 0) is 17.9 Å². The van der Waals surface area contributed by atoms with E-state index < -0.39 is 58.5 Å². The van der Waals surface area contributed by atoms with Crippen LogP contribution in [0, 0.1) is 5.95 Å². The zero-order valence-corrected chi connectivity index (χ0v) is 11.5. The maximum atomic E-state index is 13.3. The van der Waals surface area contributed by atoms with Gasteiger partial charge in [-0.15, -0.1) is 4.57 Å². The van der Waals surface area contributed by atoms with Gasteiger partial charge in [0.1, 0.15) is 0 Å². The van der Waals surface area contributed by atoms with Gasteiger partial charge in [-0.25, -0.2) is 4.98 Å². The van der Waals surface area contributed by atoms with Crippen molar-refractivity contribution in [3.05, 3.63) is 17.5 Å². The summed E-state index contributed by atoms with van der Waals surface area (Å²) in [4.78, 5) is -0.217. The van der Waals surface area contributed by atoms with E-state index in [2.05, 4.69) is 0 Å². The number of nitrogens with zero attached hydrogens (tertiary/aromatic N) is 1. The average molecular weight is 441 g/mol. The number of alkyl halides is 15. The lowest BCUT2D eigenvalue weighted by molar-refractivity contribution is -0.870. The first-order chi connectivity index (χ1) is 11.5. The highest BCUT2D eigenvalue weighted by molar-refractivity contribution is 5.09. The Morgan fingerprint density at radius 2 is 0.926 bits per heavy atom. The summed E-state index contributed by atoms with van der Waals surface area (Å²) in [5, 5.41) is 0. The molecule has 2 nitrogen and oxygen atoms in total. The molecule has 0 radical (unpaired) electrons. The molecule has 1 aromatic rings. The van der Waals surface area contributed by atoms with Gasteiger partial charge >= 0.3 is 48.2 Å². The van der Waals surface area contributed by atoms with E-state index in [1.807, 2.05) is 0 Å². The molecule has 1 rings (SSSR count). The molecular weight excluding hydrogens is 440 g/mol. The highest BCUT2D eigenvalue weighted by Gasteiger charge is 2.77. The van der Waals surface area contributed by atoms with Crippen LogP contribution in [0.1, 0.15) is 11.5 Å². The minimum atomic E-state index is -7.28. The molecule has 18 heteroatoms. The third-order valence-corrected chi connectivity index (χ3v) is 2.81. The quantitative estimate of drug-likeness (QED) is 0.511. The summed E-state index contributed by atoms with van der Waals surface area (Å²) in [7, 11) is 0. The Kier molecular flexibility index (Phi) is 4.96. The van der Waals surface area contributed by atoms with Crippen LogP contribution in [0.3, 0.4) is 0 Å². The number of hydrogen-bond acceptors (Lipinski definition) is 0. The minimum Gasteiger partial charge on any atom is -0.211 e. The highest BCUT2D eigenvalue weighted by atomic mass is 19.4. The number of aromatic nitrogens is 2. The smallest absolute Gasteiger partial charge is 0.211 e. The minimum absolute atomic E-state index is 0.217. The molecule has 27 heavy (non-hydrogen) atoms. The van der Waals surface area contributed by atoms with Crippen LogP contribution in [0.25, 0.3) is 0 Å². The van der Waals surface area contributed by atoms with E-state index in [0.29, 0.717) is 0 Å². The van der Waals surface area contributed by atoms with Crippen LogP contribution < -0.4 is 4.57 Å². The lowest BCUT2D eigenvalue weighted by Crippen LogP contribution is -2.66. The van der Waals surface area contributed by atoms with E-state index in [4.69, 9.17) is 0 Å². The van der Waals surface area contributed by atoms with Crippen molar-refractivity contribution in [1.29, 1.82) is 0 Å². The van der Waals surface area contributed by atoms with E-state index in [1.165, 1.54) is 0 Å². The number of imidazole rings is 1. The summed E-state index contributed by atoms with van der Waals surface area (Å²) >= 11 is 0. The lowest BCUT2D eigenvalue weighted by Gasteiger charge is -2.24. The summed E-state index contributed by atoms with van der Waals surface area (Å²) in [6.07, 6.45) is -21.5. The molecule has 0 bridgehead atoms. The van der Waals surface area contributed by atoms with Crippen molar-refractivity contribution < 1.29 is 74.8 Å². The van der Waals surface area contributed by atoms with Crippen molar-refractivity contribution in [2.75, 3.05) is 0 Å². The lowest BCUT2D eigenvalue weighted by atomic mass is 10.2. The molecule has 0 fully saturated rings. The monoisotopic (exact) mass is 441 g/mol. The Balaban J connectivity index is 4.12. The van der Waals surface area contributed by atoms with Crippen LogP contribution in [0.2, 0.25) is 0 Å². The molecule has 0 atom stereocenters. The van der Waals surface area contributed by atoms with Gasteiger partial charge in [0.2, 0.25) is 0 Å². The van der Waals surface area contributed by atoms with E-state index in [0.717, 1.165) is 0 Å².